The number of hydrogen-bond acceptors (Lipinski definition) is 3. The van der Waals surface area contributed by atoms with Crippen LogP contribution in [0.5, 0.6) is 0 Å². The molecule has 4 nitrogen and oxygen atoms in total. The predicted octanol–water partition coefficient (Wildman–Crippen LogP) is 1.75. The van der Waals surface area contributed by atoms with Crippen LogP contribution in [0, 0.1) is 0 Å². The minimum Gasteiger partial charge on any atom is -0.330 e. The number of halogens is 4. The van der Waals surface area contributed by atoms with Crippen molar-refractivity contribution < 1.29 is 21.6 Å². The molecule has 0 aliphatic heterocycles. The van der Waals surface area contributed by atoms with Gasteiger partial charge in [-0.3, -0.25) is 0 Å². The van der Waals surface area contributed by atoms with Gasteiger partial charge in [0.15, 0.2) is 0 Å². The van der Waals surface area contributed by atoms with Gasteiger partial charge in [-0.05, 0) is 37.2 Å². The van der Waals surface area contributed by atoms with Crippen LogP contribution in [0.15, 0.2) is 29.2 Å². The first-order chi connectivity index (χ1) is 8.27. The van der Waals surface area contributed by atoms with Crippen molar-refractivity contribution in [1.82, 2.24) is 4.72 Å². The number of nitrogens with two attached hydrogens (primary N) is 1. The largest absolute Gasteiger partial charge is 0.416 e. The first-order valence-corrected chi connectivity index (χ1v) is 6.62. The van der Waals surface area contributed by atoms with E-state index >= 15 is 0 Å². The van der Waals surface area contributed by atoms with Gasteiger partial charge >= 0.3 is 6.18 Å². The summed E-state index contributed by atoms with van der Waals surface area (Å²) in [6.07, 6.45) is -4.02. The third-order valence-corrected chi connectivity index (χ3v) is 3.64. The SMILES string of the molecule is Cl.NCCCNS(=O)(=O)c1ccc(C(F)(F)F)cc1. The van der Waals surface area contributed by atoms with E-state index < -0.39 is 21.8 Å². The van der Waals surface area contributed by atoms with E-state index in [2.05, 4.69) is 4.72 Å². The zero-order valence-electron chi connectivity index (χ0n) is 9.77. The van der Waals surface area contributed by atoms with Crippen LogP contribution in [-0.2, 0) is 16.2 Å². The van der Waals surface area contributed by atoms with Crippen molar-refractivity contribution in [3.63, 3.8) is 0 Å². The molecule has 0 spiro atoms. The van der Waals surface area contributed by atoms with Crippen LogP contribution in [0.25, 0.3) is 0 Å². The number of nitrogens with one attached hydrogen (secondary N) is 1. The lowest BCUT2D eigenvalue weighted by Crippen LogP contribution is -2.26. The van der Waals surface area contributed by atoms with Gasteiger partial charge in [-0.1, -0.05) is 0 Å². The molecule has 1 rings (SSSR count). The highest BCUT2D eigenvalue weighted by molar-refractivity contribution is 7.89. The first-order valence-electron chi connectivity index (χ1n) is 5.14. The maximum absolute atomic E-state index is 12.3. The molecule has 19 heavy (non-hydrogen) atoms. The van der Waals surface area contributed by atoms with Crippen LogP contribution in [-0.4, -0.2) is 21.5 Å². The fourth-order valence-corrected chi connectivity index (χ4v) is 2.29. The van der Waals surface area contributed by atoms with E-state index in [1.165, 1.54) is 0 Å². The molecule has 0 saturated heterocycles. The van der Waals surface area contributed by atoms with Crippen molar-refractivity contribution in [2.45, 2.75) is 17.5 Å². The molecular formula is C10H14ClF3N2O2S. The molecule has 0 bridgehead atoms. The van der Waals surface area contributed by atoms with Crippen LogP contribution in [0.1, 0.15) is 12.0 Å². The van der Waals surface area contributed by atoms with Crippen LogP contribution in [0.2, 0.25) is 0 Å². The molecule has 3 N–H and O–H groups in total. The molecule has 0 heterocycles. The van der Waals surface area contributed by atoms with Crippen molar-refractivity contribution >= 4 is 22.4 Å². The zero-order valence-corrected chi connectivity index (χ0v) is 11.4. The monoisotopic (exact) mass is 318 g/mol. The summed E-state index contributed by atoms with van der Waals surface area (Å²) in [6.45, 7) is 0.482. The van der Waals surface area contributed by atoms with Crippen LogP contribution in [0.4, 0.5) is 13.2 Å². The average molecular weight is 319 g/mol. The third-order valence-electron chi connectivity index (χ3n) is 2.16. The fourth-order valence-electron chi connectivity index (χ4n) is 1.21. The molecule has 0 radical (unpaired) electrons. The van der Waals surface area contributed by atoms with Crippen molar-refractivity contribution in [2.75, 3.05) is 13.1 Å². The highest BCUT2D eigenvalue weighted by atomic mass is 35.5. The lowest BCUT2D eigenvalue weighted by molar-refractivity contribution is -0.137. The van der Waals surface area contributed by atoms with Crippen molar-refractivity contribution in [2.24, 2.45) is 5.73 Å². The summed E-state index contributed by atoms with van der Waals surface area (Å²) >= 11 is 0. The topological polar surface area (TPSA) is 72.2 Å². The molecule has 0 aliphatic rings. The van der Waals surface area contributed by atoms with E-state index in [-0.39, 0.29) is 23.8 Å². The lowest BCUT2D eigenvalue weighted by atomic mass is 10.2. The fraction of sp³-hybridized carbons (Fsp3) is 0.400. The first kappa shape index (κ1) is 18.2. The van der Waals surface area contributed by atoms with Gasteiger partial charge in [0.05, 0.1) is 10.5 Å². The zero-order chi connectivity index (χ0) is 13.8. The summed E-state index contributed by atoms with van der Waals surface area (Å²) in [6, 6.07) is 3.32. The van der Waals surface area contributed by atoms with Crippen molar-refractivity contribution in [1.29, 1.82) is 0 Å². The van der Waals surface area contributed by atoms with Gasteiger partial charge in [-0.25, -0.2) is 13.1 Å². The summed E-state index contributed by atoms with van der Waals surface area (Å²) in [7, 11) is -3.77. The predicted molar refractivity (Wildman–Crippen MR) is 67.6 cm³/mol. The quantitative estimate of drug-likeness (QED) is 0.813. The third kappa shape index (κ3) is 5.35. The molecule has 0 amide bonds. The van der Waals surface area contributed by atoms with E-state index in [4.69, 9.17) is 5.73 Å². The number of alkyl halides is 3. The molecule has 110 valence electrons. The summed E-state index contributed by atoms with van der Waals surface area (Å²) in [4.78, 5) is -0.201. The molecule has 0 fully saturated rings. The highest BCUT2D eigenvalue weighted by Crippen LogP contribution is 2.29. The minimum absolute atomic E-state index is 0. The Morgan fingerprint density at radius 2 is 1.68 bits per heavy atom. The number of rotatable bonds is 5. The molecular weight excluding hydrogens is 305 g/mol. The molecule has 0 unspecified atom stereocenters. The Bertz CT molecular complexity index is 488. The van der Waals surface area contributed by atoms with E-state index in [9.17, 15) is 21.6 Å². The number of benzene rings is 1. The summed E-state index contributed by atoms with van der Waals surface area (Å²) in [5.74, 6) is 0. The van der Waals surface area contributed by atoms with Gasteiger partial charge in [0.1, 0.15) is 0 Å². The van der Waals surface area contributed by atoms with Gasteiger partial charge in [-0.2, -0.15) is 13.2 Å². The van der Waals surface area contributed by atoms with Crippen molar-refractivity contribution in [3.05, 3.63) is 29.8 Å². The van der Waals surface area contributed by atoms with Gasteiger partial charge in [0.25, 0.3) is 0 Å². The average Bonchev–Trinajstić information content (AvgIpc) is 2.28. The second kappa shape index (κ2) is 7.09. The van der Waals surface area contributed by atoms with E-state index in [0.29, 0.717) is 13.0 Å². The normalized spacial score (nSPS) is 12.0. The molecule has 1 aromatic carbocycles. The maximum Gasteiger partial charge on any atom is 0.416 e. The second-order valence-corrected chi connectivity index (χ2v) is 5.33. The van der Waals surface area contributed by atoms with Gasteiger partial charge in [0, 0.05) is 6.54 Å². The standard InChI is InChI=1S/C10H13F3N2O2S.ClH/c11-10(12,13)8-2-4-9(5-3-8)18(16,17)15-7-1-6-14;/h2-5,15H,1,6-7,14H2;1H. The molecule has 1 aromatic rings. The Kier molecular flexibility index (Phi) is 6.78. The Hall–Kier alpha value is -0.830. The molecule has 9 heteroatoms. The lowest BCUT2D eigenvalue weighted by Gasteiger charge is -2.09. The van der Waals surface area contributed by atoms with Gasteiger partial charge in [-0.15, -0.1) is 12.4 Å². The van der Waals surface area contributed by atoms with Crippen LogP contribution < -0.4 is 10.5 Å². The Labute approximate surface area is 115 Å². The smallest absolute Gasteiger partial charge is 0.330 e. The molecule has 0 aliphatic carbocycles. The highest BCUT2D eigenvalue weighted by Gasteiger charge is 2.30. The van der Waals surface area contributed by atoms with E-state index in [0.717, 1.165) is 24.3 Å². The van der Waals surface area contributed by atoms with Crippen LogP contribution >= 0.6 is 12.4 Å². The Morgan fingerprint density at radius 1 is 1.16 bits per heavy atom. The summed E-state index contributed by atoms with van der Waals surface area (Å²) in [5, 5.41) is 0. The number of hydrogen-bond donors (Lipinski definition) is 2. The second-order valence-electron chi connectivity index (χ2n) is 3.56. The van der Waals surface area contributed by atoms with Crippen molar-refractivity contribution in [3.8, 4) is 0 Å². The van der Waals surface area contributed by atoms with Gasteiger partial charge in [0.2, 0.25) is 10.0 Å². The van der Waals surface area contributed by atoms with Gasteiger partial charge < -0.3 is 5.73 Å². The molecule has 0 atom stereocenters. The van der Waals surface area contributed by atoms with E-state index in [1.807, 2.05) is 0 Å². The number of sulfonamides is 1. The minimum atomic E-state index is -4.48. The summed E-state index contributed by atoms with van der Waals surface area (Å²) < 4.78 is 62.4. The Morgan fingerprint density at radius 3 is 2.11 bits per heavy atom. The molecule has 0 aromatic heterocycles. The summed E-state index contributed by atoms with van der Waals surface area (Å²) in [5.41, 5.74) is 4.32. The maximum atomic E-state index is 12.3. The Balaban J connectivity index is 0.00000324. The van der Waals surface area contributed by atoms with Crippen LogP contribution in [0.3, 0.4) is 0 Å². The van der Waals surface area contributed by atoms with E-state index in [1.54, 1.807) is 0 Å². The molecule has 0 saturated carbocycles.